The summed E-state index contributed by atoms with van der Waals surface area (Å²) in [5.41, 5.74) is 3.15. The molecule has 1 saturated heterocycles. The summed E-state index contributed by atoms with van der Waals surface area (Å²) in [5, 5.41) is 5.40. The SMILES string of the molecule is CNc1ncc(Cl)c(NN2CCOCC2)n1. The first-order chi connectivity index (χ1) is 7.79. The van der Waals surface area contributed by atoms with Gasteiger partial charge < -0.3 is 15.5 Å². The summed E-state index contributed by atoms with van der Waals surface area (Å²) in [4.78, 5) is 8.25. The second-order valence-electron chi connectivity index (χ2n) is 3.35. The fourth-order valence-electron chi connectivity index (χ4n) is 1.39. The van der Waals surface area contributed by atoms with E-state index in [2.05, 4.69) is 20.7 Å². The Hall–Kier alpha value is -1.11. The van der Waals surface area contributed by atoms with Crippen LogP contribution in [-0.2, 0) is 4.74 Å². The van der Waals surface area contributed by atoms with Crippen LogP contribution in [0.5, 0.6) is 0 Å². The van der Waals surface area contributed by atoms with Crippen molar-refractivity contribution in [1.29, 1.82) is 0 Å². The zero-order valence-electron chi connectivity index (χ0n) is 9.03. The largest absolute Gasteiger partial charge is 0.379 e. The maximum atomic E-state index is 6.00. The minimum absolute atomic E-state index is 0.505. The lowest BCUT2D eigenvalue weighted by Gasteiger charge is -2.27. The molecule has 0 bridgehead atoms. The van der Waals surface area contributed by atoms with Gasteiger partial charge in [-0.25, -0.2) is 9.99 Å². The monoisotopic (exact) mass is 243 g/mol. The first-order valence-corrected chi connectivity index (χ1v) is 5.47. The maximum absolute atomic E-state index is 6.00. The summed E-state index contributed by atoms with van der Waals surface area (Å²) in [5.74, 6) is 1.16. The van der Waals surface area contributed by atoms with Crippen molar-refractivity contribution in [3.63, 3.8) is 0 Å². The molecule has 0 amide bonds. The lowest BCUT2D eigenvalue weighted by molar-refractivity contribution is 0.0495. The Morgan fingerprint density at radius 3 is 2.88 bits per heavy atom. The molecular formula is C9H14ClN5O. The van der Waals surface area contributed by atoms with Gasteiger partial charge in [0.05, 0.1) is 19.4 Å². The fourth-order valence-corrected chi connectivity index (χ4v) is 1.52. The van der Waals surface area contributed by atoms with Gasteiger partial charge in [-0.1, -0.05) is 11.6 Å². The highest BCUT2D eigenvalue weighted by molar-refractivity contribution is 6.32. The number of hydrogen-bond acceptors (Lipinski definition) is 6. The molecule has 0 aliphatic carbocycles. The fraction of sp³-hybridized carbons (Fsp3) is 0.556. The molecule has 16 heavy (non-hydrogen) atoms. The van der Waals surface area contributed by atoms with Gasteiger partial charge in [-0.05, 0) is 0 Å². The minimum atomic E-state index is 0.505. The zero-order valence-corrected chi connectivity index (χ0v) is 9.79. The Morgan fingerprint density at radius 2 is 2.19 bits per heavy atom. The van der Waals surface area contributed by atoms with E-state index < -0.39 is 0 Å². The van der Waals surface area contributed by atoms with E-state index in [1.807, 2.05) is 5.01 Å². The van der Waals surface area contributed by atoms with E-state index in [4.69, 9.17) is 16.3 Å². The Bertz CT molecular complexity index is 356. The molecule has 2 heterocycles. The number of morpholine rings is 1. The zero-order chi connectivity index (χ0) is 11.4. The number of anilines is 2. The number of aromatic nitrogens is 2. The Balaban J connectivity index is 2.06. The van der Waals surface area contributed by atoms with E-state index >= 15 is 0 Å². The van der Waals surface area contributed by atoms with Crippen molar-refractivity contribution in [3.05, 3.63) is 11.2 Å². The van der Waals surface area contributed by atoms with Crippen LogP contribution < -0.4 is 10.7 Å². The molecule has 2 rings (SSSR count). The van der Waals surface area contributed by atoms with Gasteiger partial charge in [0.15, 0.2) is 5.82 Å². The number of ether oxygens (including phenoxy) is 1. The average Bonchev–Trinajstić information content (AvgIpc) is 2.33. The van der Waals surface area contributed by atoms with Crippen LogP contribution in [0.2, 0.25) is 5.02 Å². The maximum Gasteiger partial charge on any atom is 0.224 e. The van der Waals surface area contributed by atoms with E-state index in [0.717, 1.165) is 13.1 Å². The van der Waals surface area contributed by atoms with Crippen LogP contribution in [0.1, 0.15) is 0 Å². The van der Waals surface area contributed by atoms with Gasteiger partial charge >= 0.3 is 0 Å². The molecule has 6 nitrogen and oxygen atoms in total. The average molecular weight is 244 g/mol. The van der Waals surface area contributed by atoms with Crippen LogP contribution in [0.4, 0.5) is 11.8 Å². The summed E-state index contributed by atoms with van der Waals surface area (Å²) >= 11 is 6.00. The molecule has 1 fully saturated rings. The molecular weight excluding hydrogens is 230 g/mol. The Kier molecular flexibility index (Phi) is 3.76. The van der Waals surface area contributed by atoms with Gasteiger partial charge in [-0.2, -0.15) is 4.98 Å². The van der Waals surface area contributed by atoms with Gasteiger partial charge in [-0.3, -0.25) is 0 Å². The van der Waals surface area contributed by atoms with E-state index in [0.29, 0.717) is 30.0 Å². The van der Waals surface area contributed by atoms with Gasteiger partial charge in [0, 0.05) is 20.1 Å². The van der Waals surface area contributed by atoms with Crippen molar-refractivity contribution in [2.24, 2.45) is 0 Å². The summed E-state index contributed by atoms with van der Waals surface area (Å²) in [6.45, 7) is 3.06. The lowest BCUT2D eigenvalue weighted by Crippen LogP contribution is -2.40. The number of hydrogen-bond donors (Lipinski definition) is 2. The normalized spacial score (nSPS) is 17.1. The van der Waals surface area contributed by atoms with Gasteiger partial charge in [-0.15, -0.1) is 0 Å². The smallest absolute Gasteiger partial charge is 0.224 e. The van der Waals surface area contributed by atoms with E-state index in [-0.39, 0.29) is 0 Å². The molecule has 1 aliphatic rings. The van der Waals surface area contributed by atoms with E-state index in [9.17, 15) is 0 Å². The third-order valence-electron chi connectivity index (χ3n) is 2.24. The standard InChI is InChI=1S/C9H14ClN5O/c1-11-9-12-6-7(10)8(13-9)14-15-2-4-16-5-3-15/h6H,2-5H2,1H3,(H2,11,12,13,14). The summed E-state index contributed by atoms with van der Waals surface area (Å²) in [7, 11) is 1.77. The molecule has 1 aromatic heterocycles. The van der Waals surface area contributed by atoms with Crippen molar-refractivity contribution < 1.29 is 4.74 Å². The molecule has 1 aromatic rings. The summed E-state index contributed by atoms with van der Waals surface area (Å²) in [6, 6.07) is 0. The molecule has 0 aromatic carbocycles. The topological polar surface area (TPSA) is 62.3 Å². The van der Waals surface area contributed by atoms with Crippen LogP contribution in [0, 0.1) is 0 Å². The third-order valence-corrected chi connectivity index (χ3v) is 2.52. The molecule has 88 valence electrons. The van der Waals surface area contributed by atoms with E-state index in [1.165, 1.54) is 0 Å². The van der Waals surface area contributed by atoms with Crippen molar-refractivity contribution in [2.45, 2.75) is 0 Å². The quantitative estimate of drug-likeness (QED) is 0.820. The van der Waals surface area contributed by atoms with Crippen molar-refractivity contribution in [2.75, 3.05) is 44.1 Å². The first kappa shape index (κ1) is 11.4. The van der Waals surface area contributed by atoms with Crippen molar-refractivity contribution in [3.8, 4) is 0 Å². The molecule has 0 atom stereocenters. The van der Waals surface area contributed by atoms with Crippen LogP contribution in [0.25, 0.3) is 0 Å². The van der Waals surface area contributed by atoms with Crippen LogP contribution in [0.3, 0.4) is 0 Å². The van der Waals surface area contributed by atoms with Crippen LogP contribution >= 0.6 is 11.6 Å². The highest BCUT2D eigenvalue weighted by atomic mass is 35.5. The highest BCUT2D eigenvalue weighted by Gasteiger charge is 2.12. The molecule has 0 spiro atoms. The number of nitrogens with zero attached hydrogens (tertiary/aromatic N) is 3. The number of rotatable bonds is 3. The number of nitrogens with one attached hydrogen (secondary N) is 2. The van der Waals surface area contributed by atoms with Gasteiger partial charge in [0.1, 0.15) is 5.02 Å². The molecule has 1 aliphatic heterocycles. The van der Waals surface area contributed by atoms with Crippen molar-refractivity contribution in [1.82, 2.24) is 15.0 Å². The molecule has 0 saturated carbocycles. The number of hydrazine groups is 1. The Labute approximate surface area is 98.9 Å². The van der Waals surface area contributed by atoms with Crippen molar-refractivity contribution >= 4 is 23.4 Å². The number of halogens is 1. The molecule has 0 unspecified atom stereocenters. The Morgan fingerprint density at radius 1 is 1.44 bits per heavy atom. The summed E-state index contributed by atoms with van der Waals surface area (Å²) < 4.78 is 5.25. The lowest BCUT2D eigenvalue weighted by atomic mass is 10.5. The summed E-state index contributed by atoms with van der Waals surface area (Å²) in [6.07, 6.45) is 1.57. The van der Waals surface area contributed by atoms with Gasteiger partial charge in [0.2, 0.25) is 5.95 Å². The minimum Gasteiger partial charge on any atom is -0.379 e. The van der Waals surface area contributed by atoms with Crippen LogP contribution in [0.15, 0.2) is 6.20 Å². The highest BCUT2D eigenvalue weighted by Crippen LogP contribution is 2.19. The molecule has 0 radical (unpaired) electrons. The molecule has 7 heteroatoms. The van der Waals surface area contributed by atoms with Crippen LogP contribution in [-0.4, -0.2) is 48.3 Å². The molecule has 2 N–H and O–H groups in total. The first-order valence-electron chi connectivity index (χ1n) is 5.09. The predicted molar refractivity (Wildman–Crippen MR) is 62.6 cm³/mol. The second-order valence-corrected chi connectivity index (χ2v) is 3.76. The van der Waals surface area contributed by atoms with Gasteiger partial charge in [0.25, 0.3) is 0 Å². The predicted octanol–water partition coefficient (Wildman–Crippen LogP) is 0.831. The second kappa shape index (κ2) is 5.29. The van der Waals surface area contributed by atoms with E-state index in [1.54, 1.807) is 13.2 Å². The third kappa shape index (κ3) is 2.72.